The van der Waals surface area contributed by atoms with Crippen molar-refractivity contribution in [1.82, 2.24) is 9.97 Å². The van der Waals surface area contributed by atoms with Crippen LogP contribution in [0, 0.1) is 5.92 Å². The van der Waals surface area contributed by atoms with Gasteiger partial charge in [0.1, 0.15) is 11.6 Å². The van der Waals surface area contributed by atoms with E-state index in [-0.39, 0.29) is 0 Å². The molecule has 18 heavy (non-hydrogen) atoms. The van der Waals surface area contributed by atoms with E-state index in [1.54, 1.807) is 0 Å². The molecule has 1 aromatic rings. The Hall–Kier alpha value is -1.12. The summed E-state index contributed by atoms with van der Waals surface area (Å²) >= 11 is 0. The van der Waals surface area contributed by atoms with Crippen molar-refractivity contribution in [3.8, 4) is 0 Å². The summed E-state index contributed by atoms with van der Waals surface area (Å²) in [6.45, 7) is 5.51. The van der Waals surface area contributed by atoms with Gasteiger partial charge in [-0.25, -0.2) is 9.97 Å². The van der Waals surface area contributed by atoms with Crippen LogP contribution in [0.3, 0.4) is 0 Å². The van der Waals surface area contributed by atoms with Gasteiger partial charge in [-0.2, -0.15) is 0 Å². The van der Waals surface area contributed by atoms with E-state index in [1.165, 1.54) is 30.5 Å². The molecule has 2 unspecified atom stereocenters. The molecule has 0 saturated heterocycles. The van der Waals surface area contributed by atoms with Crippen LogP contribution >= 0.6 is 0 Å². The highest BCUT2D eigenvalue weighted by atomic mass is 15.0. The third-order valence-electron chi connectivity index (χ3n) is 4.18. The van der Waals surface area contributed by atoms with E-state index in [1.807, 2.05) is 0 Å². The molecular formula is C15H23N3. The Labute approximate surface area is 109 Å². The van der Waals surface area contributed by atoms with Crippen molar-refractivity contribution >= 4 is 5.82 Å². The largest absolute Gasteiger partial charge is 0.370 e. The lowest BCUT2D eigenvalue weighted by Crippen LogP contribution is -2.15. The van der Waals surface area contributed by atoms with Gasteiger partial charge >= 0.3 is 0 Å². The van der Waals surface area contributed by atoms with E-state index < -0.39 is 0 Å². The summed E-state index contributed by atoms with van der Waals surface area (Å²) in [4.78, 5) is 9.66. The quantitative estimate of drug-likeness (QED) is 0.884. The smallest absolute Gasteiger partial charge is 0.134 e. The summed E-state index contributed by atoms with van der Waals surface area (Å²) in [6, 6.07) is 0. The number of nitrogens with zero attached hydrogens (tertiary/aromatic N) is 2. The average Bonchev–Trinajstić information content (AvgIpc) is 3.13. The van der Waals surface area contributed by atoms with E-state index in [0.717, 1.165) is 43.4 Å². The minimum atomic E-state index is 0.624. The maximum atomic E-state index is 4.84. The van der Waals surface area contributed by atoms with Gasteiger partial charge in [-0.1, -0.05) is 13.8 Å². The molecule has 1 N–H and O–H groups in total. The number of hydrogen-bond donors (Lipinski definition) is 1. The second-order valence-corrected chi connectivity index (χ2v) is 5.81. The number of fused-ring (bicyclic) bond motifs is 1. The first-order valence-corrected chi connectivity index (χ1v) is 7.43. The fraction of sp³-hybridized carbons (Fsp3) is 0.733. The van der Waals surface area contributed by atoms with E-state index in [9.17, 15) is 0 Å². The van der Waals surface area contributed by atoms with Crippen LogP contribution in [0.15, 0.2) is 0 Å². The van der Waals surface area contributed by atoms with Gasteiger partial charge in [-0.3, -0.25) is 0 Å². The van der Waals surface area contributed by atoms with Gasteiger partial charge in [-0.15, -0.1) is 0 Å². The highest BCUT2D eigenvalue weighted by Gasteiger charge is 2.37. The zero-order valence-electron chi connectivity index (χ0n) is 11.5. The van der Waals surface area contributed by atoms with Crippen molar-refractivity contribution in [3.63, 3.8) is 0 Å². The third-order valence-corrected chi connectivity index (χ3v) is 4.18. The molecule has 0 amide bonds. The van der Waals surface area contributed by atoms with E-state index in [2.05, 4.69) is 19.2 Å². The number of anilines is 1. The minimum absolute atomic E-state index is 0.624. The number of hydrogen-bond acceptors (Lipinski definition) is 3. The molecule has 3 nitrogen and oxygen atoms in total. The molecule has 2 aliphatic carbocycles. The first-order chi connectivity index (χ1) is 8.79. The predicted octanol–water partition coefficient (Wildman–Crippen LogP) is 3.30. The lowest BCUT2D eigenvalue weighted by Gasteiger charge is -2.19. The molecule has 1 fully saturated rings. The predicted molar refractivity (Wildman–Crippen MR) is 74.0 cm³/mol. The van der Waals surface area contributed by atoms with Crippen LogP contribution in [0.4, 0.5) is 5.82 Å². The molecule has 1 aromatic heterocycles. The van der Waals surface area contributed by atoms with Gasteiger partial charge in [0.15, 0.2) is 0 Å². The highest BCUT2D eigenvalue weighted by Crippen LogP contribution is 2.46. The summed E-state index contributed by atoms with van der Waals surface area (Å²) in [5, 5.41) is 3.51. The van der Waals surface area contributed by atoms with Crippen molar-refractivity contribution in [1.29, 1.82) is 0 Å². The zero-order valence-corrected chi connectivity index (χ0v) is 11.5. The average molecular weight is 245 g/mol. The van der Waals surface area contributed by atoms with E-state index in [0.29, 0.717) is 5.92 Å². The Morgan fingerprint density at radius 3 is 2.72 bits per heavy atom. The number of aryl methyl sites for hydroxylation is 1. The fourth-order valence-corrected chi connectivity index (χ4v) is 2.85. The Morgan fingerprint density at radius 2 is 2.00 bits per heavy atom. The van der Waals surface area contributed by atoms with Gasteiger partial charge in [0.2, 0.25) is 0 Å². The van der Waals surface area contributed by atoms with Crippen molar-refractivity contribution < 1.29 is 0 Å². The molecule has 0 spiro atoms. The van der Waals surface area contributed by atoms with E-state index >= 15 is 0 Å². The van der Waals surface area contributed by atoms with Crippen LogP contribution in [-0.4, -0.2) is 16.5 Å². The van der Waals surface area contributed by atoms with Crippen molar-refractivity contribution in [2.24, 2.45) is 5.92 Å². The number of nitrogens with one attached hydrogen (secondary N) is 1. The molecule has 0 aromatic carbocycles. The second-order valence-electron chi connectivity index (χ2n) is 5.81. The van der Waals surface area contributed by atoms with E-state index in [4.69, 9.17) is 9.97 Å². The maximum Gasteiger partial charge on any atom is 0.134 e. The van der Waals surface area contributed by atoms with Crippen molar-refractivity contribution in [3.05, 3.63) is 17.1 Å². The SMILES string of the molecule is CCCNc1nc(C2CC2C)nc2c1CCCC2. The molecule has 2 aliphatic rings. The lowest BCUT2D eigenvalue weighted by atomic mass is 9.96. The summed E-state index contributed by atoms with van der Waals surface area (Å²) in [7, 11) is 0. The molecule has 3 rings (SSSR count). The van der Waals surface area contributed by atoms with Gasteiger partial charge in [0.05, 0.1) is 0 Å². The monoisotopic (exact) mass is 245 g/mol. The van der Waals surface area contributed by atoms with Gasteiger partial charge in [-0.05, 0) is 44.4 Å². The summed E-state index contributed by atoms with van der Waals surface area (Å²) in [6.07, 6.45) is 7.29. The third kappa shape index (κ3) is 2.23. The molecule has 1 saturated carbocycles. The van der Waals surface area contributed by atoms with Crippen LogP contribution in [0.1, 0.15) is 62.5 Å². The Kier molecular flexibility index (Phi) is 3.23. The molecular weight excluding hydrogens is 222 g/mol. The summed E-state index contributed by atoms with van der Waals surface area (Å²) in [5.41, 5.74) is 2.72. The molecule has 0 bridgehead atoms. The summed E-state index contributed by atoms with van der Waals surface area (Å²) < 4.78 is 0. The van der Waals surface area contributed by atoms with Gasteiger partial charge < -0.3 is 5.32 Å². The molecule has 3 heteroatoms. The first-order valence-electron chi connectivity index (χ1n) is 7.43. The van der Waals surface area contributed by atoms with Crippen LogP contribution in [-0.2, 0) is 12.8 Å². The zero-order chi connectivity index (χ0) is 12.5. The molecule has 1 heterocycles. The molecule has 0 radical (unpaired) electrons. The first kappa shape index (κ1) is 11.9. The summed E-state index contributed by atoms with van der Waals surface area (Å²) in [5.74, 6) is 3.64. The Balaban J connectivity index is 1.93. The van der Waals surface area contributed by atoms with Gasteiger partial charge in [0, 0.05) is 23.7 Å². The standard InChI is InChI=1S/C15H23N3/c1-3-8-16-14-11-6-4-5-7-13(11)17-15(18-14)12-9-10(12)2/h10,12H,3-9H2,1-2H3,(H,16,17,18). The molecule has 2 atom stereocenters. The minimum Gasteiger partial charge on any atom is -0.370 e. The topological polar surface area (TPSA) is 37.8 Å². The molecule has 98 valence electrons. The fourth-order valence-electron chi connectivity index (χ4n) is 2.85. The highest BCUT2D eigenvalue weighted by molar-refractivity contribution is 5.48. The van der Waals surface area contributed by atoms with Crippen molar-refractivity contribution in [2.45, 2.75) is 58.3 Å². The molecule has 0 aliphatic heterocycles. The van der Waals surface area contributed by atoms with Crippen molar-refractivity contribution in [2.75, 3.05) is 11.9 Å². The number of rotatable bonds is 4. The van der Waals surface area contributed by atoms with Crippen LogP contribution < -0.4 is 5.32 Å². The number of aromatic nitrogens is 2. The van der Waals surface area contributed by atoms with Crippen LogP contribution in [0.2, 0.25) is 0 Å². The Morgan fingerprint density at radius 1 is 1.22 bits per heavy atom. The lowest BCUT2D eigenvalue weighted by molar-refractivity contribution is 0.652. The second kappa shape index (κ2) is 4.87. The van der Waals surface area contributed by atoms with Crippen LogP contribution in [0.25, 0.3) is 0 Å². The van der Waals surface area contributed by atoms with Crippen LogP contribution in [0.5, 0.6) is 0 Å². The van der Waals surface area contributed by atoms with Gasteiger partial charge in [0.25, 0.3) is 0 Å². The Bertz CT molecular complexity index is 442. The normalized spacial score (nSPS) is 25.7. The maximum absolute atomic E-state index is 4.84.